The Hall–Kier alpha value is -1.66. The molecular weight excluding hydrogens is 202 g/mol. The lowest BCUT2D eigenvalue weighted by Gasteiger charge is -2.10. The second-order valence-corrected chi connectivity index (χ2v) is 3.58. The van der Waals surface area contributed by atoms with E-state index in [1.807, 2.05) is 31.2 Å². The van der Waals surface area contributed by atoms with E-state index >= 15 is 0 Å². The number of carbonyl (C=O) groups is 1. The Labute approximate surface area is 95.7 Å². The van der Waals surface area contributed by atoms with Gasteiger partial charge in [-0.1, -0.05) is 30.3 Å². The van der Waals surface area contributed by atoms with Crippen LogP contribution in [0.3, 0.4) is 0 Å². The summed E-state index contributed by atoms with van der Waals surface area (Å²) < 4.78 is 5.33. The number of nitrogens with zero attached hydrogens (tertiary/aromatic N) is 1. The van der Waals surface area contributed by atoms with Crippen LogP contribution < -0.4 is 0 Å². The zero-order valence-corrected chi connectivity index (χ0v) is 9.35. The van der Waals surface area contributed by atoms with Crippen LogP contribution in [0.15, 0.2) is 30.3 Å². The van der Waals surface area contributed by atoms with Crippen molar-refractivity contribution < 1.29 is 9.53 Å². The molecule has 1 unspecified atom stereocenters. The molecule has 0 fully saturated rings. The van der Waals surface area contributed by atoms with Gasteiger partial charge in [0.2, 0.25) is 0 Å². The van der Waals surface area contributed by atoms with Crippen molar-refractivity contribution in [2.24, 2.45) is 0 Å². The van der Waals surface area contributed by atoms with Crippen molar-refractivity contribution in [3.63, 3.8) is 0 Å². The Balaban J connectivity index is 2.37. The summed E-state index contributed by atoms with van der Waals surface area (Å²) in [5.41, 5.74) is 0.707. The predicted octanol–water partition coefficient (Wildman–Crippen LogP) is 2.58. The van der Waals surface area contributed by atoms with E-state index in [1.165, 1.54) is 0 Å². The van der Waals surface area contributed by atoms with Crippen molar-refractivity contribution in [2.75, 3.05) is 6.61 Å². The molecule has 1 atom stereocenters. The van der Waals surface area contributed by atoms with Gasteiger partial charge in [0.05, 0.1) is 25.2 Å². The molecular formula is C13H15NO2. The van der Waals surface area contributed by atoms with Crippen molar-refractivity contribution in [1.29, 1.82) is 5.26 Å². The Morgan fingerprint density at radius 1 is 1.44 bits per heavy atom. The molecule has 0 radical (unpaired) electrons. The first-order chi connectivity index (χ1) is 7.74. The molecule has 1 rings (SSSR count). The monoisotopic (exact) mass is 217 g/mol. The van der Waals surface area contributed by atoms with E-state index in [0.29, 0.717) is 25.0 Å². The van der Waals surface area contributed by atoms with E-state index in [9.17, 15) is 4.79 Å². The Morgan fingerprint density at radius 2 is 2.12 bits per heavy atom. The van der Waals surface area contributed by atoms with Crippen LogP contribution in [0.25, 0.3) is 0 Å². The summed E-state index contributed by atoms with van der Waals surface area (Å²) in [7, 11) is 0. The maximum Gasteiger partial charge on any atom is 0.165 e. The summed E-state index contributed by atoms with van der Waals surface area (Å²) in [6.45, 7) is 2.23. The third kappa shape index (κ3) is 4.24. The highest BCUT2D eigenvalue weighted by molar-refractivity contribution is 5.96. The van der Waals surface area contributed by atoms with E-state index in [1.54, 1.807) is 12.1 Å². The SMILES string of the molecule is CC(CC(=O)c1ccccc1)OCCC#N. The predicted molar refractivity (Wildman–Crippen MR) is 61.0 cm³/mol. The Morgan fingerprint density at radius 3 is 2.75 bits per heavy atom. The normalized spacial score (nSPS) is 11.8. The number of benzene rings is 1. The Bertz CT molecular complexity index is 367. The third-order valence-corrected chi connectivity index (χ3v) is 2.18. The molecule has 0 aromatic heterocycles. The van der Waals surface area contributed by atoms with Crippen molar-refractivity contribution in [3.8, 4) is 6.07 Å². The largest absolute Gasteiger partial charge is 0.377 e. The van der Waals surface area contributed by atoms with Crippen molar-refractivity contribution in [2.45, 2.75) is 25.9 Å². The van der Waals surface area contributed by atoms with Crippen molar-refractivity contribution in [1.82, 2.24) is 0 Å². The zero-order valence-electron chi connectivity index (χ0n) is 9.35. The number of ether oxygens (including phenoxy) is 1. The first kappa shape index (κ1) is 12.4. The molecule has 16 heavy (non-hydrogen) atoms. The first-order valence-corrected chi connectivity index (χ1v) is 5.31. The van der Waals surface area contributed by atoms with Crippen LogP contribution in [0.4, 0.5) is 0 Å². The highest BCUT2D eigenvalue weighted by Crippen LogP contribution is 2.07. The minimum Gasteiger partial charge on any atom is -0.377 e. The molecule has 1 aromatic rings. The Kier molecular flexibility index (Phi) is 5.24. The fourth-order valence-corrected chi connectivity index (χ4v) is 1.37. The third-order valence-electron chi connectivity index (χ3n) is 2.18. The molecule has 0 N–H and O–H groups in total. The minimum absolute atomic E-state index is 0.0741. The van der Waals surface area contributed by atoms with Gasteiger partial charge in [0, 0.05) is 12.0 Å². The van der Waals surface area contributed by atoms with Crippen LogP contribution >= 0.6 is 0 Å². The molecule has 3 nitrogen and oxygen atoms in total. The van der Waals surface area contributed by atoms with Crippen LogP contribution in [0.2, 0.25) is 0 Å². The summed E-state index contributed by atoms with van der Waals surface area (Å²) in [6.07, 6.45) is 0.584. The van der Waals surface area contributed by atoms with Crippen molar-refractivity contribution >= 4 is 5.78 Å². The molecule has 0 bridgehead atoms. The summed E-state index contributed by atoms with van der Waals surface area (Å²) in [5, 5.41) is 8.34. The number of Topliss-reactive ketones (excluding diaryl/α,β-unsaturated/α-hetero) is 1. The summed E-state index contributed by atoms with van der Waals surface area (Å²) >= 11 is 0. The number of carbonyl (C=O) groups excluding carboxylic acids is 1. The van der Waals surface area contributed by atoms with Crippen LogP contribution in [0, 0.1) is 11.3 Å². The average molecular weight is 217 g/mol. The van der Waals surface area contributed by atoms with Gasteiger partial charge in [0.25, 0.3) is 0 Å². The maximum atomic E-state index is 11.7. The smallest absolute Gasteiger partial charge is 0.165 e. The van der Waals surface area contributed by atoms with Gasteiger partial charge in [-0.05, 0) is 6.92 Å². The summed E-state index contributed by atoms with van der Waals surface area (Å²) in [4.78, 5) is 11.7. The van der Waals surface area contributed by atoms with E-state index in [4.69, 9.17) is 10.00 Å². The van der Waals surface area contributed by atoms with E-state index in [0.717, 1.165) is 0 Å². The minimum atomic E-state index is -0.138. The molecule has 3 heteroatoms. The highest BCUT2D eigenvalue weighted by atomic mass is 16.5. The van der Waals surface area contributed by atoms with E-state index < -0.39 is 0 Å². The number of hydrogen-bond donors (Lipinski definition) is 0. The van der Waals surface area contributed by atoms with Gasteiger partial charge >= 0.3 is 0 Å². The van der Waals surface area contributed by atoms with Gasteiger partial charge in [-0.3, -0.25) is 4.79 Å². The molecule has 1 aromatic carbocycles. The van der Waals surface area contributed by atoms with Gasteiger partial charge in [0.1, 0.15) is 0 Å². The fraction of sp³-hybridized carbons (Fsp3) is 0.385. The average Bonchev–Trinajstić information content (AvgIpc) is 2.30. The lowest BCUT2D eigenvalue weighted by molar-refractivity contribution is 0.0570. The second kappa shape index (κ2) is 6.76. The topological polar surface area (TPSA) is 50.1 Å². The number of nitriles is 1. The lowest BCUT2D eigenvalue weighted by Crippen LogP contribution is -2.14. The fourth-order valence-electron chi connectivity index (χ4n) is 1.37. The number of hydrogen-bond acceptors (Lipinski definition) is 3. The number of rotatable bonds is 6. The summed E-state index contributed by atoms with van der Waals surface area (Å²) in [5.74, 6) is 0.0741. The van der Waals surface area contributed by atoms with Gasteiger partial charge in [-0.25, -0.2) is 0 Å². The van der Waals surface area contributed by atoms with Crippen LogP contribution in [0.5, 0.6) is 0 Å². The van der Waals surface area contributed by atoms with Crippen LogP contribution in [-0.2, 0) is 4.74 Å². The summed E-state index contributed by atoms with van der Waals surface area (Å²) in [6, 6.07) is 11.2. The van der Waals surface area contributed by atoms with Gasteiger partial charge < -0.3 is 4.74 Å². The molecule has 0 aliphatic heterocycles. The number of ketones is 1. The van der Waals surface area contributed by atoms with Crippen molar-refractivity contribution in [3.05, 3.63) is 35.9 Å². The molecule has 0 saturated carbocycles. The molecule has 84 valence electrons. The lowest BCUT2D eigenvalue weighted by atomic mass is 10.1. The molecule has 0 aliphatic rings. The maximum absolute atomic E-state index is 11.7. The first-order valence-electron chi connectivity index (χ1n) is 5.31. The molecule has 0 spiro atoms. The van der Waals surface area contributed by atoms with E-state index in [-0.39, 0.29) is 11.9 Å². The second-order valence-electron chi connectivity index (χ2n) is 3.58. The van der Waals surface area contributed by atoms with Crippen LogP contribution in [0.1, 0.15) is 30.1 Å². The van der Waals surface area contributed by atoms with Gasteiger partial charge in [-0.15, -0.1) is 0 Å². The highest BCUT2D eigenvalue weighted by Gasteiger charge is 2.10. The molecule has 0 aliphatic carbocycles. The standard InChI is InChI=1S/C13H15NO2/c1-11(16-9-5-8-14)10-13(15)12-6-3-2-4-7-12/h2-4,6-7,11H,5,9-10H2,1H3. The molecule has 0 amide bonds. The molecule has 0 heterocycles. The zero-order chi connectivity index (χ0) is 11.8. The van der Waals surface area contributed by atoms with Crippen LogP contribution in [-0.4, -0.2) is 18.5 Å². The quantitative estimate of drug-likeness (QED) is 0.543. The van der Waals surface area contributed by atoms with Gasteiger partial charge in [-0.2, -0.15) is 5.26 Å². The van der Waals surface area contributed by atoms with Gasteiger partial charge in [0.15, 0.2) is 5.78 Å². The molecule has 0 saturated heterocycles. The van der Waals surface area contributed by atoms with E-state index in [2.05, 4.69) is 0 Å².